The van der Waals surface area contributed by atoms with Crippen molar-refractivity contribution in [1.29, 1.82) is 0 Å². The Hall–Kier alpha value is -2.74. The number of anilines is 1. The molecule has 1 aromatic rings. The molecule has 1 aromatic carbocycles. The van der Waals surface area contributed by atoms with E-state index in [1.54, 1.807) is 17.0 Å². The molecule has 1 saturated heterocycles. The summed E-state index contributed by atoms with van der Waals surface area (Å²) in [7, 11) is 0. The van der Waals surface area contributed by atoms with Gasteiger partial charge < -0.3 is 41.7 Å². The molecule has 0 aliphatic carbocycles. The Labute approximate surface area is 184 Å². The van der Waals surface area contributed by atoms with E-state index in [0.717, 1.165) is 5.56 Å². The van der Waals surface area contributed by atoms with E-state index in [4.69, 9.17) is 16.2 Å². The molecule has 8 N–H and O–H groups in total. The van der Waals surface area contributed by atoms with E-state index in [9.17, 15) is 20.1 Å². The van der Waals surface area contributed by atoms with Gasteiger partial charge in [-0.15, -0.1) is 0 Å². The SMILES string of the molecule is NCCC(=O)Nc1cccc(CC2(N)N=CN=C3C2=NCN3[C@@H]2O[C@H](CO)[C@@H](O)[C@H]2O)c1. The molecule has 5 atom stereocenters. The first kappa shape index (κ1) is 22.5. The number of carbonyl (C=O) groups excluding carboxylic acids is 1. The average molecular weight is 445 g/mol. The molecule has 1 amide bonds. The molecule has 12 heteroatoms. The molecule has 12 nitrogen and oxygen atoms in total. The van der Waals surface area contributed by atoms with Gasteiger partial charge in [-0.1, -0.05) is 12.1 Å². The molecular formula is C20H27N7O5. The first-order valence-electron chi connectivity index (χ1n) is 10.3. The van der Waals surface area contributed by atoms with Crippen LogP contribution in [0, 0.1) is 0 Å². The number of fused-ring (bicyclic) bond motifs is 1. The van der Waals surface area contributed by atoms with E-state index < -0.39 is 36.8 Å². The van der Waals surface area contributed by atoms with E-state index in [1.807, 2.05) is 12.1 Å². The van der Waals surface area contributed by atoms with Crippen LogP contribution in [0.1, 0.15) is 12.0 Å². The lowest BCUT2D eigenvalue weighted by molar-refractivity contribution is -0.116. The van der Waals surface area contributed by atoms with Crippen molar-refractivity contribution >= 4 is 29.5 Å². The van der Waals surface area contributed by atoms with E-state index in [-0.39, 0.29) is 32.0 Å². The van der Waals surface area contributed by atoms with Gasteiger partial charge in [0.15, 0.2) is 17.7 Å². The summed E-state index contributed by atoms with van der Waals surface area (Å²) in [6.45, 7) is -0.0540. The number of aliphatic hydroxyl groups is 3. The summed E-state index contributed by atoms with van der Waals surface area (Å²) in [6, 6.07) is 7.26. The number of hydrogen-bond donors (Lipinski definition) is 6. The Morgan fingerprint density at radius 1 is 1.34 bits per heavy atom. The van der Waals surface area contributed by atoms with Crippen LogP contribution in [-0.4, -0.2) is 94.0 Å². The predicted octanol–water partition coefficient (Wildman–Crippen LogP) is -2.24. The van der Waals surface area contributed by atoms with E-state index in [2.05, 4.69) is 20.3 Å². The molecule has 3 aliphatic heterocycles. The summed E-state index contributed by atoms with van der Waals surface area (Å²) in [5.41, 5.74) is 12.7. The number of benzene rings is 1. The van der Waals surface area contributed by atoms with Crippen LogP contribution in [0.2, 0.25) is 0 Å². The van der Waals surface area contributed by atoms with Gasteiger partial charge in [0, 0.05) is 25.1 Å². The highest BCUT2D eigenvalue weighted by atomic mass is 16.6. The Morgan fingerprint density at radius 3 is 2.88 bits per heavy atom. The van der Waals surface area contributed by atoms with Crippen molar-refractivity contribution < 1.29 is 24.9 Å². The molecule has 3 heterocycles. The van der Waals surface area contributed by atoms with Crippen LogP contribution in [0.5, 0.6) is 0 Å². The van der Waals surface area contributed by atoms with Crippen molar-refractivity contribution in [2.75, 3.05) is 25.1 Å². The fourth-order valence-corrected chi connectivity index (χ4v) is 4.03. The van der Waals surface area contributed by atoms with E-state index >= 15 is 0 Å². The summed E-state index contributed by atoms with van der Waals surface area (Å²) in [5, 5.41) is 32.6. The third-order valence-electron chi connectivity index (χ3n) is 5.62. The van der Waals surface area contributed by atoms with Gasteiger partial charge in [-0.25, -0.2) is 9.98 Å². The molecule has 1 fully saturated rings. The van der Waals surface area contributed by atoms with Crippen LogP contribution >= 0.6 is 0 Å². The van der Waals surface area contributed by atoms with Gasteiger partial charge in [0.05, 0.1) is 6.61 Å². The van der Waals surface area contributed by atoms with Gasteiger partial charge in [-0.3, -0.25) is 9.79 Å². The van der Waals surface area contributed by atoms with Crippen molar-refractivity contribution in [2.45, 2.75) is 43.0 Å². The molecule has 0 bridgehead atoms. The molecule has 172 valence electrons. The Balaban J connectivity index is 1.50. The van der Waals surface area contributed by atoms with Gasteiger partial charge in [-0.2, -0.15) is 0 Å². The molecule has 1 unspecified atom stereocenters. The van der Waals surface area contributed by atoms with Crippen LogP contribution in [0.3, 0.4) is 0 Å². The summed E-state index contributed by atoms with van der Waals surface area (Å²) in [4.78, 5) is 26.6. The molecular weight excluding hydrogens is 418 g/mol. The smallest absolute Gasteiger partial charge is 0.225 e. The minimum absolute atomic E-state index is 0.109. The summed E-state index contributed by atoms with van der Waals surface area (Å²) < 4.78 is 5.61. The van der Waals surface area contributed by atoms with E-state index in [1.165, 1.54) is 6.34 Å². The van der Waals surface area contributed by atoms with E-state index in [0.29, 0.717) is 17.2 Å². The number of aliphatic hydroxyl groups excluding tert-OH is 3. The number of hydrogen-bond acceptors (Lipinski definition) is 11. The number of amidine groups is 1. The van der Waals surface area contributed by atoms with Crippen LogP contribution in [0.25, 0.3) is 0 Å². The van der Waals surface area contributed by atoms with Crippen molar-refractivity contribution in [2.24, 2.45) is 26.4 Å². The molecule has 3 aliphatic rings. The standard InChI is InChI=1S/C20H27N7O5/c21-5-4-14(29)26-12-3-1-2-11(6-12)7-20(22)17-18(23-9-25-20)27(10-24-17)19-16(31)15(30)13(8-28)32-19/h1-3,6,9,13,15-16,19,28,30-31H,4-5,7-8,10,21-22H2,(H,26,29)/t13-,15-,16-,19-,20?/m1/s1. The highest BCUT2D eigenvalue weighted by Crippen LogP contribution is 2.30. The Morgan fingerprint density at radius 2 is 2.16 bits per heavy atom. The van der Waals surface area contributed by atoms with Gasteiger partial charge in [0.1, 0.15) is 37.0 Å². The third kappa shape index (κ3) is 4.16. The number of ether oxygens (including phenoxy) is 1. The highest BCUT2D eigenvalue weighted by molar-refractivity contribution is 6.47. The average Bonchev–Trinajstić information content (AvgIpc) is 3.31. The number of rotatable bonds is 7. The number of nitrogens with zero attached hydrogens (tertiary/aromatic N) is 4. The number of aliphatic imine (C=N–C) groups is 3. The zero-order valence-corrected chi connectivity index (χ0v) is 17.3. The van der Waals surface area contributed by atoms with Crippen LogP contribution in [-0.2, 0) is 16.0 Å². The normalized spacial score (nSPS) is 31.3. The largest absolute Gasteiger partial charge is 0.394 e. The predicted molar refractivity (Wildman–Crippen MR) is 117 cm³/mol. The second kappa shape index (κ2) is 9.02. The monoisotopic (exact) mass is 445 g/mol. The molecule has 0 aromatic heterocycles. The zero-order chi connectivity index (χ0) is 22.9. The Bertz CT molecular complexity index is 967. The quantitative estimate of drug-likeness (QED) is 0.271. The van der Waals surface area contributed by atoms with Gasteiger partial charge in [0.2, 0.25) is 5.91 Å². The van der Waals surface area contributed by atoms with Gasteiger partial charge >= 0.3 is 0 Å². The lowest BCUT2D eigenvalue weighted by atomic mass is 9.94. The third-order valence-corrected chi connectivity index (χ3v) is 5.62. The van der Waals surface area contributed by atoms with Crippen LogP contribution in [0.4, 0.5) is 5.69 Å². The van der Waals surface area contributed by atoms with Crippen molar-refractivity contribution in [1.82, 2.24) is 4.90 Å². The number of nitrogens with two attached hydrogens (primary N) is 2. The first-order chi connectivity index (χ1) is 15.4. The second-order valence-corrected chi connectivity index (χ2v) is 7.93. The van der Waals surface area contributed by atoms with Crippen molar-refractivity contribution in [3.63, 3.8) is 0 Å². The number of nitrogens with one attached hydrogen (secondary N) is 1. The minimum atomic E-state index is -1.25. The maximum atomic E-state index is 11.8. The molecule has 0 saturated carbocycles. The lowest BCUT2D eigenvalue weighted by Gasteiger charge is -2.32. The maximum absolute atomic E-state index is 11.8. The molecule has 4 rings (SSSR count). The molecule has 0 spiro atoms. The van der Waals surface area contributed by atoms with Crippen molar-refractivity contribution in [3.05, 3.63) is 29.8 Å². The maximum Gasteiger partial charge on any atom is 0.225 e. The number of carbonyl (C=O) groups is 1. The van der Waals surface area contributed by atoms with Crippen molar-refractivity contribution in [3.8, 4) is 0 Å². The topological polar surface area (TPSA) is 191 Å². The van der Waals surface area contributed by atoms with Crippen LogP contribution in [0.15, 0.2) is 39.2 Å². The molecule has 32 heavy (non-hydrogen) atoms. The zero-order valence-electron chi connectivity index (χ0n) is 17.3. The Kier molecular flexibility index (Phi) is 6.33. The first-order valence-corrected chi connectivity index (χ1v) is 10.3. The minimum Gasteiger partial charge on any atom is -0.394 e. The van der Waals surface area contributed by atoms with Crippen LogP contribution < -0.4 is 16.8 Å². The lowest BCUT2D eigenvalue weighted by Crippen LogP contribution is -2.56. The van der Waals surface area contributed by atoms with Gasteiger partial charge in [-0.05, 0) is 17.7 Å². The fourth-order valence-electron chi connectivity index (χ4n) is 4.03. The summed E-state index contributed by atoms with van der Waals surface area (Å²) in [5.74, 6) is 0.219. The second-order valence-electron chi connectivity index (χ2n) is 7.93. The number of amides is 1. The summed E-state index contributed by atoms with van der Waals surface area (Å²) in [6.07, 6.45) is -2.47. The fraction of sp³-hybridized carbons (Fsp3) is 0.500. The highest BCUT2D eigenvalue weighted by Gasteiger charge is 2.50. The van der Waals surface area contributed by atoms with Gasteiger partial charge in [0.25, 0.3) is 0 Å². The molecule has 0 radical (unpaired) electrons. The summed E-state index contributed by atoms with van der Waals surface area (Å²) >= 11 is 0.